The molecule has 0 aliphatic rings. The summed E-state index contributed by atoms with van der Waals surface area (Å²) in [6, 6.07) is 35.5. The summed E-state index contributed by atoms with van der Waals surface area (Å²) in [5, 5.41) is 2.93. The number of nitrogens with one attached hydrogen (secondary N) is 1. The van der Waals surface area contributed by atoms with Crippen LogP contribution in [0.15, 0.2) is 115 Å². The normalized spacial score (nSPS) is 12.4. The lowest BCUT2D eigenvalue weighted by molar-refractivity contribution is -0.129. The Kier molecular flexibility index (Phi) is 9.22. The first kappa shape index (κ1) is 25.9. The average molecular weight is 494 g/mol. The van der Waals surface area contributed by atoms with Crippen molar-refractivity contribution in [1.82, 2.24) is 5.32 Å². The number of carbonyl (C=O) groups is 2. The second kappa shape index (κ2) is 13.2. The Morgan fingerprint density at radius 1 is 0.703 bits per heavy atom. The van der Waals surface area contributed by atoms with E-state index in [0.29, 0.717) is 12.4 Å². The summed E-state index contributed by atoms with van der Waals surface area (Å²) in [6.45, 7) is 2.29. The Morgan fingerprint density at radius 2 is 1.27 bits per heavy atom. The van der Waals surface area contributed by atoms with Gasteiger partial charge in [-0.1, -0.05) is 91.0 Å². The minimum Gasteiger partial charge on any atom is -0.457 e. The molecule has 37 heavy (non-hydrogen) atoms. The molecular weight excluding hydrogens is 462 g/mol. The van der Waals surface area contributed by atoms with Crippen molar-refractivity contribution in [1.29, 1.82) is 0 Å². The van der Waals surface area contributed by atoms with Gasteiger partial charge in [-0.05, 0) is 47.9 Å². The molecule has 0 fully saturated rings. The Labute approximate surface area is 218 Å². The van der Waals surface area contributed by atoms with E-state index >= 15 is 0 Å². The predicted molar refractivity (Wildman–Crippen MR) is 145 cm³/mol. The average Bonchev–Trinajstić information content (AvgIpc) is 2.94. The second-order valence-electron chi connectivity index (χ2n) is 8.90. The van der Waals surface area contributed by atoms with Crippen molar-refractivity contribution >= 4 is 11.7 Å². The molecule has 4 rings (SSSR count). The minimum absolute atomic E-state index is 0.0934. The van der Waals surface area contributed by atoms with Gasteiger partial charge in [0.2, 0.25) is 5.91 Å². The number of rotatable bonds is 12. The predicted octanol–water partition coefficient (Wildman–Crippen LogP) is 6.10. The van der Waals surface area contributed by atoms with Crippen molar-refractivity contribution in [3.05, 3.63) is 132 Å². The maximum Gasteiger partial charge on any atom is 0.227 e. The molecule has 0 aromatic heterocycles. The number of carbonyl (C=O) groups excluding carboxylic acids is 2. The molecule has 0 saturated carbocycles. The Bertz CT molecular complexity index is 1260. The van der Waals surface area contributed by atoms with E-state index in [0.717, 1.165) is 22.4 Å². The van der Waals surface area contributed by atoms with Crippen LogP contribution < -0.4 is 10.1 Å². The van der Waals surface area contributed by atoms with Gasteiger partial charge in [-0.15, -0.1) is 0 Å². The molecule has 2 atom stereocenters. The van der Waals surface area contributed by atoms with E-state index in [9.17, 15) is 9.59 Å². The van der Waals surface area contributed by atoms with Gasteiger partial charge in [0.05, 0.1) is 19.1 Å². The summed E-state index contributed by atoms with van der Waals surface area (Å²) in [6.07, 6.45) is 0.172. The molecule has 188 valence electrons. The van der Waals surface area contributed by atoms with E-state index < -0.39 is 6.04 Å². The van der Waals surface area contributed by atoms with Crippen LogP contribution in [0.4, 0.5) is 0 Å². The van der Waals surface area contributed by atoms with Gasteiger partial charge >= 0.3 is 0 Å². The van der Waals surface area contributed by atoms with E-state index in [1.54, 1.807) is 0 Å². The van der Waals surface area contributed by atoms with Gasteiger partial charge in [-0.3, -0.25) is 9.59 Å². The first-order valence-corrected chi connectivity index (χ1v) is 12.4. The Morgan fingerprint density at radius 3 is 1.92 bits per heavy atom. The molecular formula is C32H31NO4. The number of ketones is 1. The highest BCUT2D eigenvalue weighted by molar-refractivity contribution is 5.92. The minimum atomic E-state index is -0.761. The quantitative estimate of drug-likeness (QED) is 0.259. The number of amides is 1. The van der Waals surface area contributed by atoms with Crippen molar-refractivity contribution in [2.45, 2.75) is 31.9 Å². The van der Waals surface area contributed by atoms with E-state index in [4.69, 9.17) is 9.47 Å². The first-order valence-electron chi connectivity index (χ1n) is 12.4. The molecule has 4 aromatic rings. The molecule has 0 radical (unpaired) electrons. The standard InChI is InChI=1S/C32H31NO4/c1-24(27-13-7-3-8-14-27)32(35)33-30(23-36-22-26-11-5-2-6-12-26)31(34)21-25-17-19-29(20-18-25)37-28-15-9-4-10-16-28/h2-20,24,30H,21-23H2,1H3,(H,33,35)/t24-,30?/m1/s1. The van der Waals surface area contributed by atoms with Crippen LogP contribution in [-0.4, -0.2) is 24.3 Å². The van der Waals surface area contributed by atoms with Gasteiger partial charge in [-0.2, -0.15) is 0 Å². The zero-order valence-electron chi connectivity index (χ0n) is 20.9. The van der Waals surface area contributed by atoms with E-state index in [1.807, 2.05) is 122 Å². The number of para-hydroxylation sites is 1. The van der Waals surface area contributed by atoms with Gasteiger partial charge in [0.15, 0.2) is 5.78 Å². The van der Waals surface area contributed by atoms with Gasteiger partial charge < -0.3 is 14.8 Å². The molecule has 1 N–H and O–H groups in total. The molecule has 1 unspecified atom stereocenters. The molecule has 4 aromatic carbocycles. The monoisotopic (exact) mass is 493 g/mol. The van der Waals surface area contributed by atoms with Gasteiger partial charge in [0, 0.05) is 6.42 Å². The fraction of sp³-hybridized carbons (Fsp3) is 0.188. The third kappa shape index (κ3) is 7.89. The number of benzene rings is 4. The van der Waals surface area contributed by atoms with Crippen molar-refractivity contribution < 1.29 is 19.1 Å². The zero-order valence-corrected chi connectivity index (χ0v) is 20.9. The molecule has 0 spiro atoms. The summed E-state index contributed by atoms with van der Waals surface area (Å²) < 4.78 is 11.7. The van der Waals surface area contributed by atoms with Crippen molar-refractivity contribution in [2.75, 3.05) is 6.61 Å². The lowest BCUT2D eigenvalue weighted by Crippen LogP contribution is -2.46. The van der Waals surface area contributed by atoms with Gasteiger partial charge in [0.1, 0.15) is 17.5 Å². The number of Topliss-reactive ketones (excluding diaryl/α,β-unsaturated/α-hetero) is 1. The highest BCUT2D eigenvalue weighted by Gasteiger charge is 2.24. The first-order chi connectivity index (χ1) is 18.1. The molecule has 5 nitrogen and oxygen atoms in total. The smallest absolute Gasteiger partial charge is 0.227 e. The highest BCUT2D eigenvalue weighted by Crippen LogP contribution is 2.21. The SMILES string of the molecule is C[C@@H](C(=O)NC(COCc1ccccc1)C(=O)Cc1ccc(Oc2ccccc2)cc1)c1ccccc1. The fourth-order valence-electron chi connectivity index (χ4n) is 3.90. The fourth-order valence-corrected chi connectivity index (χ4v) is 3.90. The van der Waals surface area contributed by atoms with Crippen LogP contribution in [0, 0.1) is 0 Å². The molecule has 0 heterocycles. The van der Waals surface area contributed by atoms with Crippen LogP contribution in [0.1, 0.15) is 29.5 Å². The van der Waals surface area contributed by atoms with Gasteiger partial charge in [-0.25, -0.2) is 0 Å². The molecule has 1 amide bonds. The summed E-state index contributed by atoms with van der Waals surface area (Å²) in [5.74, 6) is 0.727. The van der Waals surface area contributed by atoms with E-state index in [1.165, 1.54) is 0 Å². The zero-order chi connectivity index (χ0) is 25.9. The largest absolute Gasteiger partial charge is 0.457 e. The summed E-state index contributed by atoms with van der Waals surface area (Å²) in [5.41, 5.74) is 2.74. The third-order valence-corrected chi connectivity index (χ3v) is 6.07. The number of hydrogen-bond acceptors (Lipinski definition) is 4. The molecule has 0 aliphatic carbocycles. The maximum absolute atomic E-state index is 13.3. The highest BCUT2D eigenvalue weighted by atomic mass is 16.5. The number of ether oxygens (including phenoxy) is 2. The summed E-state index contributed by atoms with van der Waals surface area (Å²) in [4.78, 5) is 26.3. The second-order valence-corrected chi connectivity index (χ2v) is 8.90. The molecule has 5 heteroatoms. The van der Waals surface area contributed by atoms with Crippen LogP contribution >= 0.6 is 0 Å². The Hall–Kier alpha value is -4.22. The van der Waals surface area contributed by atoms with Crippen molar-refractivity contribution in [3.8, 4) is 11.5 Å². The maximum atomic E-state index is 13.3. The third-order valence-electron chi connectivity index (χ3n) is 6.07. The van der Waals surface area contributed by atoms with Crippen LogP contribution in [0.3, 0.4) is 0 Å². The van der Waals surface area contributed by atoms with Crippen LogP contribution in [0.5, 0.6) is 11.5 Å². The van der Waals surface area contributed by atoms with E-state index in [-0.39, 0.29) is 30.6 Å². The topological polar surface area (TPSA) is 64.6 Å². The van der Waals surface area contributed by atoms with E-state index in [2.05, 4.69) is 5.32 Å². The van der Waals surface area contributed by atoms with Crippen LogP contribution in [0.25, 0.3) is 0 Å². The number of hydrogen-bond donors (Lipinski definition) is 1. The van der Waals surface area contributed by atoms with Gasteiger partial charge in [0.25, 0.3) is 0 Å². The van der Waals surface area contributed by atoms with Crippen molar-refractivity contribution in [2.24, 2.45) is 0 Å². The molecule has 0 aliphatic heterocycles. The van der Waals surface area contributed by atoms with Crippen LogP contribution in [0.2, 0.25) is 0 Å². The molecule has 0 bridgehead atoms. The summed E-state index contributed by atoms with van der Waals surface area (Å²) >= 11 is 0. The lowest BCUT2D eigenvalue weighted by atomic mass is 9.99. The molecule has 0 saturated heterocycles. The van der Waals surface area contributed by atoms with Crippen LogP contribution in [-0.2, 0) is 27.4 Å². The lowest BCUT2D eigenvalue weighted by Gasteiger charge is -2.21. The Balaban J connectivity index is 1.40. The van der Waals surface area contributed by atoms with Crippen molar-refractivity contribution in [3.63, 3.8) is 0 Å². The summed E-state index contributed by atoms with van der Waals surface area (Å²) in [7, 11) is 0.